The van der Waals surface area contributed by atoms with E-state index < -0.39 is 0 Å². The van der Waals surface area contributed by atoms with Crippen molar-refractivity contribution in [3.8, 4) is 0 Å². The molecule has 18 heavy (non-hydrogen) atoms. The van der Waals surface area contributed by atoms with E-state index in [-0.39, 0.29) is 11.2 Å². The zero-order valence-corrected chi connectivity index (χ0v) is 11.4. The van der Waals surface area contributed by atoms with E-state index in [0.717, 1.165) is 5.69 Å². The smallest absolute Gasteiger partial charge is 0.231 e. The van der Waals surface area contributed by atoms with E-state index in [4.69, 9.17) is 11.6 Å². The summed E-state index contributed by atoms with van der Waals surface area (Å²) < 4.78 is 0. The molecule has 0 aliphatic rings. The highest BCUT2D eigenvalue weighted by Gasteiger charge is 2.08. The number of anilines is 2. The molecule has 0 bridgehead atoms. The predicted molar refractivity (Wildman–Crippen MR) is 73.4 cm³/mol. The molecule has 1 aromatic carbocycles. The molecule has 94 valence electrons. The summed E-state index contributed by atoms with van der Waals surface area (Å²) in [4.78, 5) is 12.5. The van der Waals surface area contributed by atoms with Crippen LogP contribution in [0.1, 0.15) is 31.2 Å². The van der Waals surface area contributed by atoms with Gasteiger partial charge in [-0.1, -0.05) is 31.5 Å². The Balaban J connectivity index is 2.26. The second-order valence-electron chi connectivity index (χ2n) is 4.43. The van der Waals surface area contributed by atoms with Gasteiger partial charge in [0.1, 0.15) is 5.82 Å². The molecule has 0 atom stereocenters. The highest BCUT2D eigenvalue weighted by atomic mass is 35.5. The minimum absolute atomic E-state index is 0.211. The Morgan fingerprint density at radius 2 is 1.72 bits per heavy atom. The van der Waals surface area contributed by atoms with Gasteiger partial charge in [0.2, 0.25) is 11.2 Å². The van der Waals surface area contributed by atoms with Crippen molar-refractivity contribution in [3.63, 3.8) is 0 Å². The quantitative estimate of drug-likeness (QED) is 0.916. The van der Waals surface area contributed by atoms with Crippen LogP contribution in [0.2, 0.25) is 5.28 Å². The Bertz CT molecular complexity index is 537. The number of nitrogens with zero attached hydrogens (tertiary/aromatic N) is 3. The van der Waals surface area contributed by atoms with Crippen molar-refractivity contribution in [1.82, 2.24) is 15.0 Å². The lowest BCUT2D eigenvalue weighted by molar-refractivity contribution is 0.763. The average Bonchev–Trinajstić information content (AvgIpc) is 2.31. The molecule has 0 spiro atoms. The zero-order valence-electron chi connectivity index (χ0n) is 10.6. The maximum absolute atomic E-state index is 5.88. The molecule has 1 aromatic heterocycles. The van der Waals surface area contributed by atoms with Crippen LogP contribution in [0.3, 0.4) is 0 Å². The Hall–Kier alpha value is -1.68. The third kappa shape index (κ3) is 3.17. The van der Waals surface area contributed by atoms with Gasteiger partial charge in [0.05, 0.1) is 0 Å². The molecule has 4 nitrogen and oxygen atoms in total. The SMILES string of the molecule is Cc1ccc(Nc2nc(Cl)nc(C(C)C)n2)cc1. The van der Waals surface area contributed by atoms with Crippen molar-refractivity contribution in [2.75, 3.05) is 5.32 Å². The summed E-state index contributed by atoms with van der Waals surface area (Å²) >= 11 is 5.88. The first-order valence-corrected chi connectivity index (χ1v) is 6.17. The first kappa shape index (κ1) is 12.8. The number of aromatic nitrogens is 3. The van der Waals surface area contributed by atoms with Gasteiger partial charge in [0.15, 0.2) is 0 Å². The van der Waals surface area contributed by atoms with Crippen molar-refractivity contribution in [2.45, 2.75) is 26.7 Å². The van der Waals surface area contributed by atoms with Gasteiger partial charge in [-0.15, -0.1) is 0 Å². The molecule has 2 rings (SSSR count). The second-order valence-corrected chi connectivity index (χ2v) is 4.77. The molecule has 5 heteroatoms. The molecular formula is C13H15ClN4. The number of benzene rings is 1. The fourth-order valence-corrected chi connectivity index (χ4v) is 1.61. The number of nitrogens with one attached hydrogen (secondary N) is 1. The first-order chi connectivity index (χ1) is 8.54. The third-order valence-electron chi connectivity index (χ3n) is 2.45. The Kier molecular flexibility index (Phi) is 3.77. The summed E-state index contributed by atoms with van der Waals surface area (Å²) in [5, 5.41) is 3.33. The van der Waals surface area contributed by atoms with Crippen molar-refractivity contribution in [2.24, 2.45) is 0 Å². The van der Waals surface area contributed by atoms with Crippen molar-refractivity contribution in [1.29, 1.82) is 0 Å². The largest absolute Gasteiger partial charge is 0.324 e. The average molecular weight is 263 g/mol. The number of rotatable bonds is 3. The van der Waals surface area contributed by atoms with E-state index in [1.54, 1.807) is 0 Å². The van der Waals surface area contributed by atoms with Crippen LogP contribution in [0.5, 0.6) is 0 Å². The highest BCUT2D eigenvalue weighted by Crippen LogP contribution is 2.17. The molecule has 1 heterocycles. The standard InChI is InChI=1S/C13H15ClN4/c1-8(2)11-16-12(14)18-13(17-11)15-10-6-4-9(3)5-7-10/h4-8H,1-3H3,(H,15,16,17,18). The lowest BCUT2D eigenvalue weighted by Gasteiger charge is -2.08. The van der Waals surface area contributed by atoms with Crippen molar-refractivity contribution < 1.29 is 0 Å². The lowest BCUT2D eigenvalue weighted by Crippen LogP contribution is -2.05. The predicted octanol–water partition coefficient (Wildman–Crippen LogP) is 3.70. The van der Waals surface area contributed by atoms with Crippen LogP contribution in [0.25, 0.3) is 0 Å². The number of halogens is 1. The van der Waals surface area contributed by atoms with Crippen molar-refractivity contribution in [3.05, 3.63) is 40.9 Å². The molecule has 0 unspecified atom stereocenters. The van der Waals surface area contributed by atoms with Gasteiger partial charge in [0.25, 0.3) is 0 Å². The summed E-state index contributed by atoms with van der Waals surface area (Å²) in [7, 11) is 0. The molecule has 2 aromatic rings. The Morgan fingerprint density at radius 1 is 1.06 bits per heavy atom. The maximum atomic E-state index is 5.88. The number of hydrogen-bond donors (Lipinski definition) is 1. The highest BCUT2D eigenvalue weighted by molar-refractivity contribution is 6.28. The molecular weight excluding hydrogens is 248 g/mol. The fraction of sp³-hybridized carbons (Fsp3) is 0.308. The van der Waals surface area contributed by atoms with E-state index in [0.29, 0.717) is 11.8 Å². The summed E-state index contributed by atoms with van der Waals surface area (Å²) in [5.41, 5.74) is 2.13. The topological polar surface area (TPSA) is 50.7 Å². The molecule has 0 aliphatic heterocycles. The van der Waals surface area contributed by atoms with Crippen LogP contribution >= 0.6 is 11.6 Å². The summed E-state index contributed by atoms with van der Waals surface area (Å²) in [6.45, 7) is 6.07. The van der Waals surface area contributed by atoms with Crippen LogP contribution in [-0.2, 0) is 0 Å². The van der Waals surface area contributed by atoms with Gasteiger partial charge in [-0.25, -0.2) is 4.98 Å². The summed E-state index contributed by atoms with van der Waals surface area (Å²) in [6.07, 6.45) is 0. The van der Waals surface area contributed by atoms with Crippen LogP contribution in [0.15, 0.2) is 24.3 Å². The van der Waals surface area contributed by atoms with Gasteiger partial charge in [-0.3, -0.25) is 0 Å². The zero-order chi connectivity index (χ0) is 13.1. The number of hydrogen-bond acceptors (Lipinski definition) is 4. The van der Waals surface area contributed by atoms with Gasteiger partial charge >= 0.3 is 0 Å². The van der Waals surface area contributed by atoms with E-state index in [1.807, 2.05) is 45.0 Å². The summed E-state index contributed by atoms with van der Waals surface area (Å²) in [6, 6.07) is 7.99. The van der Waals surface area contributed by atoms with Gasteiger partial charge in [0, 0.05) is 11.6 Å². The van der Waals surface area contributed by atoms with E-state index in [2.05, 4.69) is 20.3 Å². The van der Waals surface area contributed by atoms with Crippen LogP contribution < -0.4 is 5.32 Å². The molecule has 0 saturated carbocycles. The minimum Gasteiger partial charge on any atom is -0.324 e. The molecule has 0 radical (unpaired) electrons. The molecule has 0 saturated heterocycles. The van der Waals surface area contributed by atoms with Crippen LogP contribution in [0, 0.1) is 6.92 Å². The Morgan fingerprint density at radius 3 is 2.33 bits per heavy atom. The van der Waals surface area contributed by atoms with Gasteiger partial charge < -0.3 is 5.32 Å². The normalized spacial score (nSPS) is 10.7. The Labute approximate surface area is 111 Å². The fourth-order valence-electron chi connectivity index (χ4n) is 1.45. The van der Waals surface area contributed by atoms with Gasteiger partial charge in [-0.2, -0.15) is 9.97 Å². The first-order valence-electron chi connectivity index (χ1n) is 5.80. The van der Waals surface area contributed by atoms with Gasteiger partial charge in [-0.05, 0) is 30.7 Å². The second kappa shape index (κ2) is 5.31. The minimum atomic E-state index is 0.211. The monoisotopic (exact) mass is 262 g/mol. The van der Waals surface area contributed by atoms with E-state index in [9.17, 15) is 0 Å². The lowest BCUT2D eigenvalue weighted by atomic mass is 10.2. The molecule has 0 amide bonds. The van der Waals surface area contributed by atoms with E-state index >= 15 is 0 Å². The van der Waals surface area contributed by atoms with Crippen LogP contribution in [0.4, 0.5) is 11.6 Å². The summed E-state index contributed by atoms with van der Waals surface area (Å²) in [5.74, 6) is 1.37. The molecule has 0 fully saturated rings. The van der Waals surface area contributed by atoms with E-state index in [1.165, 1.54) is 5.56 Å². The number of aryl methyl sites for hydroxylation is 1. The molecule has 1 N–H and O–H groups in total. The maximum Gasteiger partial charge on any atom is 0.231 e. The van der Waals surface area contributed by atoms with Crippen molar-refractivity contribution >= 4 is 23.2 Å². The third-order valence-corrected chi connectivity index (χ3v) is 2.62. The van der Waals surface area contributed by atoms with Crippen LogP contribution in [-0.4, -0.2) is 15.0 Å². The molecule has 0 aliphatic carbocycles.